The molecule has 0 unspecified atom stereocenters. The minimum atomic E-state index is -1.17. The minimum absolute atomic E-state index is 0.0190. The Labute approximate surface area is 303 Å². The molecular formula is C38H62N2O11. The van der Waals surface area contributed by atoms with Gasteiger partial charge < -0.3 is 44.3 Å². The normalized spacial score (nSPS) is 32.9. The van der Waals surface area contributed by atoms with E-state index in [2.05, 4.69) is 4.90 Å². The minimum Gasteiger partial charge on any atom is -0.481 e. The second kappa shape index (κ2) is 19.3. The number of nitrogens with zero attached hydrogens (tertiary/aromatic N) is 2. The van der Waals surface area contributed by atoms with Crippen LogP contribution in [-0.4, -0.2) is 136 Å². The zero-order valence-electron chi connectivity index (χ0n) is 31.5. The van der Waals surface area contributed by atoms with Gasteiger partial charge in [-0.05, 0) is 64.6 Å². The number of piperazine rings is 1. The second-order valence-corrected chi connectivity index (χ2v) is 15.0. The molecule has 2 fully saturated rings. The van der Waals surface area contributed by atoms with Crippen LogP contribution in [0.1, 0.15) is 86.5 Å². The highest BCUT2D eigenvalue weighted by molar-refractivity contribution is 5.70. The number of carboxylic acids is 1. The Kier molecular flexibility index (Phi) is 16.1. The zero-order valence-corrected chi connectivity index (χ0v) is 31.5. The van der Waals surface area contributed by atoms with Crippen LogP contribution < -0.4 is 0 Å². The molecule has 0 aliphatic carbocycles. The highest BCUT2D eigenvalue weighted by Gasteiger charge is 2.47. The summed E-state index contributed by atoms with van der Waals surface area (Å²) in [5.41, 5.74) is -1.45. The number of carbonyl (C=O) groups excluding carboxylic acids is 2. The van der Waals surface area contributed by atoms with Gasteiger partial charge in [-0.3, -0.25) is 14.5 Å². The molecule has 0 spiro atoms. The van der Waals surface area contributed by atoms with Crippen molar-refractivity contribution >= 4 is 18.0 Å². The number of carbonyl (C=O) groups is 3. The van der Waals surface area contributed by atoms with Gasteiger partial charge in [0.1, 0.15) is 11.7 Å². The number of allylic oxidation sites excluding steroid dienone is 2. The van der Waals surface area contributed by atoms with Crippen LogP contribution in [0.2, 0.25) is 0 Å². The number of methoxy groups -OCH3 is 1. The van der Waals surface area contributed by atoms with Crippen LogP contribution in [0.3, 0.4) is 0 Å². The molecule has 290 valence electrons. The van der Waals surface area contributed by atoms with Gasteiger partial charge in [-0.1, -0.05) is 45.1 Å². The van der Waals surface area contributed by atoms with Crippen LogP contribution in [0, 0.1) is 11.8 Å². The Hall–Kier alpha value is -2.81. The molecule has 3 aliphatic heterocycles. The van der Waals surface area contributed by atoms with Crippen LogP contribution in [0.25, 0.3) is 0 Å². The number of rotatable bonds is 14. The summed E-state index contributed by atoms with van der Waals surface area (Å²) in [7, 11) is 1.53. The largest absolute Gasteiger partial charge is 0.481 e. The van der Waals surface area contributed by atoms with Gasteiger partial charge >= 0.3 is 18.0 Å². The van der Waals surface area contributed by atoms with Gasteiger partial charge in [0.25, 0.3) is 0 Å². The lowest BCUT2D eigenvalue weighted by Crippen LogP contribution is -2.51. The van der Waals surface area contributed by atoms with Gasteiger partial charge in [0.05, 0.1) is 36.4 Å². The molecule has 0 radical (unpaired) electrons. The summed E-state index contributed by atoms with van der Waals surface area (Å²) in [6.07, 6.45) is 7.08. The number of hydrogen-bond donors (Lipinski definition) is 4. The molecule has 2 saturated heterocycles. The molecule has 0 aromatic carbocycles. The number of amides is 1. The van der Waals surface area contributed by atoms with E-state index in [0.717, 1.165) is 0 Å². The molecule has 0 saturated carbocycles. The van der Waals surface area contributed by atoms with E-state index >= 15 is 0 Å². The number of aliphatic carboxylic acids is 1. The number of esters is 1. The van der Waals surface area contributed by atoms with E-state index in [1.165, 1.54) is 7.11 Å². The van der Waals surface area contributed by atoms with Crippen LogP contribution in [0.15, 0.2) is 36.0 Å². The Bertz CT molecular complexity index is 1240. The van der Waals surface area contributed by atoms with Crippen LogP contribution in [-0.2, 0) is 28.5 Å². The molecule has 0 bridgehead atoms. The fourth-order valence-corrected chi connectivity index (χ4v) is 6.80. The van der Waals surface area contributed by atoms with Gasteiger partial charge in [-0.2, -0.15) is 0 Å². The average Bonchev–Trinajstić information content (AvgIpc) is 3.84. The van der Waals surface area contributed by atoms with Crippen LogP contribution in [0.5, 0.6) is 0 Å². The van der Waals surface area contributed by atoms with Crippen molar-refractivity contribution in [3.05, 3.63) is 36.0 Å². The number of cyclic esters (lactones) is 1. The molecule has 1 amide bonds. The van der Waals surface area contributed by atoms with Crippen molar-refractivity contribution in [1.82, 2.24) is 9.80 Å². The van der Waals surface area contributed by atoms with Crippen molar-refractivity contribution in [3.8, 4) is 0 Å². The van der Waals surface area contributed by atoms with Crippen molar-refractivity contribution in [3.63, 3.8) is 0 Å². The lowest BCUT2D eigenvalue weighted by atomic mass is 9.88. The topological polar surface area (TPSA) is 179 Å². The molecule has 3 rings (SSSR count). The maximum Gasteiger partial charge on any atom is 0.410 e. The van der Waals surface area contributed by atoms with Crippen molar-refractivity contribution in [2.24, 2.45) is 11.8 Å². The highest BCUT2D eigenvalue weighted by atomic mass is 16.6. The number of aliphatic hydroxyl groups is 3. The predicted molar refractivity (Wildman–Crippen MR) is 191 cm³/mol. The summed E-state index contributed by atoms with van der Waals surface area (Å²) in [6.45, 7) is 13.9. The summed E-state index contributed by atoms with van der Waals surface area (Å²) >= 11 is 0. The standard InChI is InChI=1S/C38H62N2O11/c1-8-29(42)27(4)35-30(49-35)24-37(5,47)16-9-11-25(2)34-26(3)13-14-31(38(6,48-7)17-15-28(41)23-33(45)51-34)50-36(46)40-21-19-39(20-22-40)18-10-12-32(43)44/h9,11,13-14,16,26-31,34-35,41-42,47H,8,10,12,15,17-24H2,1-7H3,(H,43,44)/b14-13+,16-9+,25-11+/t26-,27+,28+,29-,30+,31-,34+,35+,37-,38+/m0/s1. The number of epoxide rings is 1. The summed E-state index contributed by atoms with van der Waals surface area (Å²) < 4.78 is 23.6. The van der Waals surface area contributed by atoms with Gasteiger partial charge in [0, 0.05) is 58.0 Å². The first-order valence-corrected chi connectivity index (χ1v) is 18.4. The van der Waals surface area contributed by atoms with Gasteiger partial charge in [-0.25, -0.2) is 4.79 Å². The second-order valence-electron chi connectivity index (χ2n) is 15.0. The van der Waals surface area contributed by atoms with E-state index in [-0.39, 0.29) is 43.3 Å². The fourth-order valence-electron chi connectivity index (χ4n) is 6.80. The first kappa shape index (κ1) is 42.6. The van der Waals surface area contributed by atoms with E-state index in [1.54, 1.807) is 36.1 Å². The number of ether oxygens (including phenoxy) is 4. The molecule has 3 aliphatic rings. The number of hydrogen-bond acceptors (Lipinski definition) is 11. The van der Waals surface area contributed by atoms with E-state index in [9.17, 15) is 29.7 Å². The molecule has 13 heteroatoms. The van der Waals surface area contributed by atoms with Crippen molar-refractivity contribution in [2.45, 2.75) is 134 Å². The summed E-state index contributed by atoms with van der Waals surface area (Å²) in [4.78, 5) is 41.0. The summed E-state index contributed by atoms with van der Waals surface area (Å²) in [6, 6.07) is 0. The fraction of sp³-hybridized carbons (Fsp3) is 0.763. The first-order chi connectivity index (χ1) is 24.0. The maximum atomic E-state index is 13.4. The van der Waals surface area contributed by atoms with E-state index in [0.29, 0.717) is 64.0 Å². The Morgan fingerprint density at radius 2 is 1.90 bits per heavy atom. The Morgan fingerprint density at radius 3 is 2.53 bits per heavy atom. The van der Waals surface area contributed by atoms with E-state index in [4.69, 9.17) is 24.1 Å². The molecule has 51 heavy (non-hydrogen) atoms. The molecule has 10 atom stereocenters. The van der Waals surface area contributed by atoms with E-state index < -0.39 is 53.6 Å². The monoisotopic (exact) mass is 722 g/mol. The smallest absolute Gasteiger partial charge is 0.410 e. The molecule has 13 nitrogen and oxygen atoms in total. The zero-order chi connectivity index (χ0) is 37.9. The highest BCUT2D eigenvalue weighted by Crippen LogP contribution is 2.37. The predicted octanol–water partition coefficient (Wildman–Crippen LogP) is 3.85. The van der Waals surface area contributed by atoms with Crippen LogP contribution in [0.4, 0.5) is 4.79 Å². The molecular weight excluding hydrogens is 660 g/mol. The van der Waals surface area contributed by atoms with Gasteiger partial charge in [0.15, 0.2) is 6.10 Å². The summed E-state index contributed by atoms with van der Waals surface area (Å²) in [5.74, 6) is -1.74. The lowest BCUT2D eigenvalue weighted by Gasteiger charge is -2.38. The Morgan fingerprint density at radius 1 is 1.22 bits per heavy atom. The van der Waals surface area contributed by atoms with Crippen LogP contribution >= 0.6 is 0 Å². The first-order valence-electron chi connectivity index (χ1n) is 18.4. The average molecular weight is 723 g/mol. The lowest BCUT2D eigenvalue weighted by molar-refractivity contribution is -0.151. The maximum absolute atomic E-state index is 13.4. The molecule has 0 aromatic rings. The molecule has 4 N–H and O–H groups in total. The van der Waals surface area contributed by atoms with Crippen molar-refractivity contribution in [1.29, 1.82) is 0 Å². The van der Waals surface area contributed by atoms with Crippen molar-refractivity contribution in [2.75, 3.05) is 39.8 Å². The third kappa shape index (κ3) is 13.3. The number of carboxylic acid groups (broad SMARTS) is 1. The number of aliphatic hydroxyl groups excluding tert-OH is 2. The molecule has 3 heterocycles. The van der Waals surface area contributed by atoms with Gasteiger partial charge in [-0.15, -0.1) is 0 Å². The van der Waals surface area contributed by atoms with Crippen molar-refractivity contribution < 1.29 is 53.8 Å². The summed E-state index contributed by atoms with van der Waals surface area (Å²) in [5, 5.41) is 40.9. The molecule has 0 aromatic heterocycles. The quantitative estimate of drug-likeness (QED) is 0.0883. The third-order valence-corrected chi connectivity index (χ3v) is 10.5. The Balaban J connectivity index is 1.73. The third-order valence-electron chi connectivity index (χ3n) is 10.5. The van der Waals surface area contributed by atoms with E-state index in [1.807, 2.05) is 40.7 Å². The SMILES string of the molecule is CC[C@H](O)[C@@H](C)[C@H]1O[C@@H]1C[C@@](C)(O)/C=C/C=C(\C)[C@H]1OC(=O)C[C@H](O)CC[C@@](C)(OC)[C@@H](OC(=O)N2CCN(CCCC(=O)O)CC2)/C=C/[C@@H]1C. The van der Waals surface area contributed by atoms with Gasteiger partial charge in [0.2, 0.25) is 0 Å².